The largest absolute Gasteiger partial charge is 0.490 e. The SMILES string of the molecule is CCOc1cc(/C=N/NC(=O)C(=O)Nc2sc3c(c2C(=O)OC)CCC3)ccc1OCc1cccc(Cl)c1. The van der Waals surface area contributed by atoms with Gasteiger partial charge in [0.15, 0.2) is 11.5 Å². The van der Waals surface area contributed by atoms with Gasteiger partial charge in [-0.1, -0.05) is 23.7 Å². The van der Waals surface area contributed by atoms with Crippen molar-refractivity contribution in [1.29, 1.82) is 0 Å². The first-order chi connectivity index (χ1) is 18.4. The molecule has 198 valence electrons. The maximum absolute atomic E-state index is 12.5. The third-order valence-electron chi connectivity index (χ3n) is 5.67. The van der Waals surface area contributed by atoms with Crippen LogP contribution in [0.3, 0.4) is 0 Å². The molecular weight excluding hydrogens is 530 g/mol. The summed E-state index contributed by atoms with van der Waals surface area (Å²) in [5.41, 5.74) is 4.93. The van der Waals surface area contributed by atoms with Crippen LogP contribution in [0.1, 0.15) is 45.3 Å². The van der Waals surface area contributed by atoms with Gasteiger partial charge in [-0.2, -0.15) is 5.10 Å². The Morgan fingerprint density at radius 1 is 1.08 bits per heavy atom. The average molecular weight is 556 g/mol. The molecule has 0 saturated carbocycles. The van der Waals surface area contributed by atoms with E-state index in [0.717, 1.165) is 35.3 Å². The zero-order chi connectivity index (χ0) is 27.1. The number of esters is 1. The number of thiophene rings is 1. The number of hydrogen-bond donors (Lipinski definition) is 2. The summed E-state index contributed by atoms with van der Waals surface area (Å²) >= 11 is 7.32. The molecule has 2 aromatic carbocycles. The number of aryl methyl sites for hydroxylation is 1. The minimum absolute atomic E-state index is 0.306. The van der Waals surface area contributed by atoms with E-state index in [4.69, 9.17) is 25.8 Å². The van der Waals surface area contributed by atoms with Gasteiger partial charge < -0.3 is 19.5 Å². The normalized spacial score (nSPS) is 12.2. The van der Waals surface area contributed by atoms with Gasteiger partial charge in [-0.15, -0.1) is 11.3 Å². The standard InChI is InChI=1S/C27H26ClN3O6S/c1-3-36-21-13-16(10-11-20(21)37-15-17-6-4-7-18(28)12-17)14-29-31-25(33)24(32)30-26-23(27(34)35-2)19-8-5-9-22(19)38-26/h4,6-7,10-14H,3,5,8-9,15H2,1-2H3,(H,30,32)(H,31,33)/b29-14+. The molecule has 0 atom stereocenters. The fourth-order valence-corrected chi connectivity index (χ4v) is 5.45. The van der Waals surface area contributed by atoms with Crippen molar-refractivity contribution in [3.05, 3.63) is 74.6 Å². The monoisotopic (exact) mass is 555 g/mol. The van der Waals surface area contributed by atoms with Gasteiger partial charge in [-0.25, -0.2) is 10.2 Å². The first-order valence-electron chi connectivity index (χ1n) is 11.9. The van der Waals surface area contributed by atoms with Crippen LogP contribution in [0, 0.1) is 0 Å². The Morgan fingerprint density at radius 2 is 1.92 bits per heavy atom. The number of benzene rings is 2. The molecule has 0 bridgehead atoms. The summed E-state index contributed by atoms with van der Waals surface area (Å²) in [5.74, 6) is -1.41. The van der Waals surface area contributed by atoms with Crippen molar-refractivity contribution in [2.45, 2.75) is 32.8 Å². The smallest absolute Gasteiger partial charge is 0.341 e. The third-order valence-corrected chi connectivity index (χ3v) is 7.12. The van der Waals surface area contributed by atoms with Crippen LogP contribution in [0.4, 0.5) is 5.00 Å². The molecule has 3 aromatic rings. The predicted molar refractivity (Wildman–Crippen MR) is 145 cm³/mol. The number of nitrogens with zero attached hydrogens (tertiary/aromatic N) is 1. The quantitative estimate of drug-likeness (QED) is 0.170. The summed E-state index contributed by atoms with van der Waals surface area (Å²) in [6, 6.07) is 12.6. The number of amides is 2. The first-order valence-corrected chi connectivity index (χ1v) is 13.1. The molecule has 2 amide bonds. The summed E-state index contributed by atoms with van der Waals surface area (Å²) in [6.07, 6.45) is 3.88. The molecule has 0 radical (unpaired) electrons. The molecule has 1 aromatic heterocycles. The van der Waals surface area contributed by atoms with E-state index >= 15 is 0 Å². The van der Waals surface area contributed by atoms with Gasteiger partial charge in [0.2, 0.25) is 0 Å². The molecule has 1 aliphatic rings. The Bertz CT molecular complexity index is 1390. The summed E-state index contributed by atoms with van der Waals surface area (Å²) < 4.78 is 16.4. The topological polar surface area (TPSA) is 115 Å². The Labute approximate surface area is 228 Å². The number of carbonyl (C=O) groups excluding carboxylic acids is 3. The van der Waals surface area contributed by atoms with E-state index in [1.54, 1.807) is 24.3 Å². The third kappa shape index (κ3) is 6.51. The average Bonchev–Trinajstić information content (AvgIpc) is 3.49. The van der Waals surface area contributed by atoms with E-state index in [1.807, 2.05) is 25.1 Å². The lowest BCUT2D eigenvalue weighted by molar-refractivity contribution is -0.136. The zero-order valence-electron chi connectivity index (χ0n) is 20.8. The summed E-state index contributed by atoms with van der Waals surface area (Å²) in [5, 5.41) is 7.33. The predicted octanol–water partition coefficient (Wildman–Crippen LogP) is 4.74. The minimum Gasteiger partial charge on any atom is -0.490 e. The summed E-state index contributed by atoms with van der Waals surface area (Å²) in [7, 11) is 1.28. The lowest BCUT2D eigenvalue weighted by Gasteiger charge is -2.12. The number of hydrazone groups is 1. The van der Waals surface area contributed by atoms with Crippen molar-refractivity contribution in [3.8, 4) is 11.5 Å². The van der Waals surface area contributed by atoms with E-state index < -0.39 is 17.8 Å². The molecule has 4 rings (SSSR count). The number of ether oxygens (including phenoxy) is 3. The Morgan fingerprint density at radius 3 is 2.68 bits per heavy atom. The van der Waals surface area contributed by atoms with Crippen molar-refractivity contribution >= 4 is 51.9 Å². The number of anilines is 1. The number of rotatable bonds is 9. The maximum atomic E-state index is 12.5. The molecule has 0 aliphatic heterocycles. The Hall–Kier alpha value is -3.89. The molecule has 11 heteroatoms. The van der Waals surface area contributed by atoms with Gasteiger partial charge in [-0.05, 0) is 73.2 Å². The molecule has 9 nitrogen and oxygen atoms in total. The van der Waals surface area contributed by atoms with Crippen LogP contribution in [-0.2, 0) is 33.8 Å². The second-order valence-corrected chi connectivity index (χ2v) is 9.81. The van der Waals surface area contributed by atoms with Gasteiger partial charge in [-0.3, -0.25) is 9.59 Å². The molecule has 38 heavy (non-hydrogen) atoms. The van der Waals surface area contributed by atoms with Gasteiger partial charge >= 0.3 is 17.8 Å². The summed E-state index contributed by atoms with van der Waals surface area (Å²) in [6.45, 7) is 2.59. The van der Waals surface area contributed by atoms with E-state index in [-0.39, 0.29) is 0 Å². The van der Waals surface area contributed by atoms with Crippen LogP contribution in [0.2, 0.25) is 5.02 Å². The molecule has 2 N–H and O–H groups in total. The summed E-state index contributed by atoms with van der Waals surface area (Å²) in [4.78, 5) is 38.0. The molecule has 0 fully saturated rings. The van der Waals surface area contributed by atoms with Gasteiger partial charge in [0.05, 0.1) is 25.5 Å². The van der Waals surface area contributed by atoms with Crippen LogP contribution in [0.25, 0.3) is 0 Å². The van der Waals surface area contributed by atoms with Crippen molar-refractivity contribution < 1.29 is 28.6 Å². The van der Waals surface area contributed by atoms with Crippen LogP contribution >= 0.6 is 22.9 Å². The fraction of sp³-hybridized carbons (Fsp3) is 0.259. The lowest BCUT2D eigenvalue weighted by Crippen LogP contribution is -2.32. The van der Waals surface area contributed by atoms with Crippen LogP contribution < -0.4 is 20.2 Å². The maximum Gasteiger partial charge on any atom is 0.341 e. The number of hydrogen-bond acceptors (Lipinski definition) is 8. The number of fused-ring (bicyclic) bond motifs is 1. The van der Waals surface area contributed by atoms with E-state index in [1.165, 1.54) is 24.7 Å². The van der Waals surface area contributed by atoms with E-state index in [2.05, 4.69) is 15.8 Å². The van der Waals surface area contributed by atoms with Crippen molar-refractivity contribution in [1.82, 2.24) is 5.43 Å². The molecule has 0 unspecified atom stereocenters. The highest BCUT2D eigenvalue weighted by atomic mass is 35.5. The van der Waals surface area contributed by atoms with Crippen LogP contribution in [0.15, 0.2) is 47.6 Å². The highest BCUT2D eigenvalue weighted by Crippen LogP contribution is 2.39. The molecule has 0 spiro atoms. The van der Waals surface area contributed by atoms with E-state index in [0.29, 0.717) is 45.9 Å². The number of nitrogens with one attached hydrogen (secondary N) is 2. The Balaban J connectivity index is 1.37. The first kappa shape index (κ1) is 27.2. The molecular formula is C27H26ClN3O6S. The molecule has 1 heterocycles. The van der Waals surface area contributed by atoms with Crippen molar-refractivity contribution in [3.63, 3.8) is 0 Å². The molecule has 0 saturated heterocycles. The zero-order valence-corrected chi connectivity index (χ0v) is 22.4. The highest BCUT2D eigenvalue weighted by molar-refractivity contribution is 7.17. The van der Waals surface area contributed by atoms with Crippen molar-refractivity contribution in [2.75, 3.05) is 19.0 Å². The molecule has 1 aliphatic carbocycles. The fourth-order valence-electron chi connectivity index (χ4n) is 3.97. The Kier molecular flexibility index (Phi) is 8.98. The lowest BCUT2D eigenvalue weighted by atomic mass is 10.1. The highest BCUT2D eigenvalue weighted by Gasteiger charge is 2.29. The van der Waals surface area contributed by atoms with Gasteiger partial charge in [0.1, 0.15) is 11.6 Å². The van der Waals surface area contributed by atoms with Crippen LogP contribution in [-0.4, -0.2) is 37.7 Å². The van der Waals surface area contributed by atoms with Gasteiger partial charge in [0.25, 0.3) is 0 Å². The second kappa shape index (κ2) is 12.6. The van der Waals surface area contributed by atoms with E-state index in [9.17, 15) is 14.4 Å². The van der Waals surface area contributed by atoms with Crippen molar-refractivity contribution in [2.24, 2.45) is 5.10 Å². The van der Waals surface area contributed by atoms with Gasteiger partial charge in [0, 0.05) is 9.90 Å². The number of halogens is 1. The second-order valence-electron chi connectivity index (χ2n) is 8.26. The minimum atomic E-state index is -0.975. The number of methoxy groups -OCH3 is 1. The number of carbonyl (C=O) groups is 3. The van der Waals surface area contributed by atoms with Crippen LogP contribution in [0.5, 0.6) is 11.5 Å².